The molecule has 0 aliphatic carbocycles. The minimum Gasteiger partial charge on any atom is -0.422 e. The van der Waals surface area contributed by atoms with Crippen molar-refractivity contribution >= 4 is 34.1 Å². The number of para-hydroxylation sites is 1. The van der Waals surface area contributed by atoms with Crippen molar-refractivity contribution < 1.29 is 4.42 Å². The SMILES string of the molecule is CC1(C)CCN2CCC(C)(C)c3c2c1cc1cc(CSc2ccccc2N)c(=O)oc31. The molecule has 0 atom stereocenters. The van der Waals surface area contributed by atoms with Gasteiger partial charge in [0.1, 0.15) is 5.58 Å². The molecule has 0 saturated heterocycles. The molecule has 0 radical (unpaired) electrons. The largest absolute Gasteiger partial charge is 0.422 e. The molecule has 3 heterocycles. The maximum Gasteiger partial charge on any atom is 0.340 e. The molecule has 0 bridgehead atoms. The van der Waals surface area contributed by atoms with Crippen molar-refractivity contribution in [3.63, 3.8) is 0 Å². The first-order valence-electron chi connectivity index (χ1n) is 11.0. The number of fused-ring (bicyclic) bond motifs is 2. The second kappa shape index (κ2) is 7.06. The van der Waals surface area contributed by atoms with Gasteiger partial charge in [-0.15, -0.1) is 11.8 Å². The summed E-state index contributed by atoms with van der Waals surface area (Å²) in [6.07, 6.45) is 2.20. The van der Waals surface area contributed by atoms with Crippen LogP contribution in [-0.2, 0) is 16.6 Å². The molecule has 0 unspecified atom stereocenters. The van der Waals surface area contributed by atoms with Gasteiger partial charge in [-0.3, -0.25) is 0 Å². The molecule has 31 heavy (non-hydrogen) atoms. The summed E-state index contributed by atoms with van der Waals surface area (Å²) in [6, 6.07) is 12.1. The molecule has 2 aliphatic rings. The Morgan fingerprint density at radius 3 is 2.52 bits per heavy atom. The highest BCUT2D eigenvalue weighted by atomic mass is 32.2. The molecule has 0 fully saturated rings. The van der Waals surface area contributed by atoms with Crippen LogP contribution >= 0.6 is 11.8 Å². The van der Waals surface area contributed by atoms with Crippen molar-refractivity contribution in [2.24, 2.45) is 0 Å². The molecule has 162 valence electrons. The first-order valence-corrected chi connectivity index (χ1v) is 12.0. The number of nitrogen functional groups attached to an aromatic ring is 1. The van der Waals surface area contributed by atoms with E-state index in [1.54, 1.807) is 11.8 Å². The van der Waals surface area contributed by atoms with Crippen LogP contribution in [-0.4, -0.2) is 13.1 Å². The Hall–Kier alpha value is -2.40. The lowest BCUT2D eigenvalue weighted by Crippen LogP contribution is -2.44. The van der Waals surface area contributed by atoms with E-state index in [1.165, 1.54) is 16.8 Å². The van der Waals surface area contributed by atoms with E-state index in [0.29, 0.717) is 11.3 Å². The Morgan fingerprint density at radius 2 is 1.77 bits per heavy atom. The van der Waals surface area contributed by atoms with Crippen LogP contribution in [0.1, 0.15) is 57.2 Å². The van der Waals surface area contributed by atoms with Crippen LogP contribution < -0.4 is 16.3 Å². The monoisotopic (exact) mass is 434 g/mol. The first kappa shape index (κ1) is 20.5. The number of hydrogen-bond acceptors (Lipinski definition) is 5. The van der Waals surface area contributed by atoms with E-state index in [9.17, 15) is 4.79 Å². The van der Waals surface area contributed by atoms with Crippen LogP contribution in [0.5, 0.6) is 0 Å². The number of benzene rings is 2. The highest BCUT2D eigenvalue weighted by Crippen LogP contribution is 2.51. The van der Waals surface area contributed by atoms with Crippen molar-refractivity contribution in [2.75, 3.05) is 23.7 Å². The van der Waals surface area contributed by atoms with E-state index >= 15 is 0 Å². The van der Waals surface area contributed by atoms with Gasteiger partial charge >= 0.3 is 5.63 Å². The second-order valence-corrected chi connectivity index (χ2v) is 11.2. The molecule has 3 aromatic rings. The number of nitrogens with two attached hydrogens (primary N) is 1. The van der Waals surface area contributed by atoms with E-state index in [4.69, 9.17) is 10.2 Å². The van der Waals surface area contributed by atoms with Gasteiger partial charge in [0, 0.05) is 51.6 Å². The van der Waals surface area contributed by atoms with Gasteiger partial charge in [-0.25, -0.2) is 4.79 Å². The second-order valence-electron chi connectivity index (χ2n) is 10.2. The zero-order chi connectivity index (χ0) is 22.0. The number of rotatable bonds is 3. The summed E-state index contributed by atoms with van der Waals surface area (Å²) < 4.78 is 6.06. The molecule has 2 aromatic carbocycles. The molecule has 5 rings (SSSR count). The lowest BCUT2D eigenvalue weighted by atomic mass is 9.69. The third kappa shape index (κ3) is 3.34. The Labute approximate surface area is 187 Å². The highest BCUT2D eigenvalue weighted by molar-refractivity contribution is 7.98. The minimum atomic E-state index is -0.242. The molecule has 2 N–H and O–H groups in total. The molecule has 5 heteroatoms. The molecule has 0 amide bonds. The van der Waals surface area contributed by atoms with Crippen LogP contribution in [0, 0.1) is 0 Å². The van der Waals surface area contributed by atoms with Gasteiger partial charge in [-0.1, -0.05) is 39.8 Å². The minimum absolute atomic E-state index is 0.0296. The van der Waals surface area contributed by atoms with E-state index in [0.717, 1.165) is 47.5 Å². The number of hydrogen-bond donors (Lipinski definition) is 1. The van der Waals surface area contributed by atoms with Gasteiger partial charge < -0.3 is 15.1 Å². The maximum atomic E-state index is 13.0. The predicted molar refractivity (Wildman–Crippen MR) is 130 cm³/mol. The summed E-state index contributed by atoms with van der Waals surface area (Å²) >= 11 is 1.58. The van der Waals surface area contributed by atoms with Gasteiger partial charge in [-0.2, -0.15) is 0 Å². The topological polar surface area (TPSA) is 59.5 Å². The maximum absolute atomic E-state index is 13.0. The highest BCUT2D eigenvalue weighted by Gasteiger charge is 2.41. The molecule has 0 spiro atoms. The summed E-state index contributed by atoms with van der Waals surface area (Å²) in [4.78, 5) is 16.5. The number of thioether (sulfide) groups is 1. The predicted octanol–water partition coefficient (Wildman–Crippen LogP) is 5.84. The normalized spacial score (nSPS) is 18.8. The molecule has 1 aromatic heterocycles. The van der Waals surface area contributed by atoms with Gasteiger partial charge in [0.15, 0.2) is 0 Å². The van der Waals surface area contributed by atoms with Crippen LogP contribution in [0.3, 0.4) is 0 Å². The van der Waals surface area contributed by atoms with Crippen molar-refractivity contribution in [1.29, 1.82) is 0 Å². The Kier molecular flexibility index (Phi) is 4.67. The molecular formula is C26H30N2O2S. The standard InChI is InChI=1S/C26H30N2O2S/c1-25(2)9-11-28-12-10-26(3,4)21-22(28)18(25)14-16-13-17(24(29)30-23(16)21)15-31-20-8-6-5-7-19(20)27/h5-8,13-14H,9-12,15,27H2,1-4H3. The van der Waals surface area contributed by atoms with E-state index < -0.39 is 0 Å². The average molecular weight is 435 g/mol. The van der Waals surface area contributed by atoms with Crippen LogP contribution in [0.25, 0.3) is 11.0 Å². The summed E-state index contributed by atoms with van der Waals surface area (Å²) in [5.41, 5.74) is 12.0. The van der Waals surface area contributed by atoms with E-state index in [2.05, 4.69) is 38.7 Å². The smallest absolute Gasteiger partial charge is 0.340 e. The zero-order valence-electron chi connectivity index (χ0n) is 18.7. The number of anilines is 2. The lowest BCUT2D eigenvalue weighted by Gasteiger charge is -2.48. The Balaban J connectivity index is 1.67. The fraction of sp³-hybridized carbons (Fsp3) is 0.423. The quantitative estimate of drug-likeness (QED) is 0.319. The lowest BCUT2D eigenvalue weighted by molar-refractivity contribution is 0.398. The molecule has 2 aliphatic heterocycles. The zero-order valence-corrected chi connectivity index (χ0v) is 19.6. The molecular weight excluding hydrogens is 404 g/mol. The van der Waals surface area contributed by atoms with E-state index in [1.807, 2.05) is 30.3 Å². The van der Waals surface area contributed by atoms with Crippen LogP contribution in [0.4, 0.5) is 11.4 Å². The van der Waals surface area contributed by atoms with Crippen molar-refractivity contribution in [2.45, 2.75) is 62.0 Å². The molecule has 4 nitrogen and oxygen atoms in total. The van der Waals surface area contributed by atoms with Crippen LogP contribution in [0.15, 0.2) is 50.5 Å². The number of nitrogens with zero attached hydrogens (tertiary/aromatic N) is 1. The van der Waals surface area contributed by atoms with Crippen molar-refractivity contribution in [1.82, 2.24) is 0 Å². The fourth-order valence-electron chi connectivity index (χ4n) is 5.06. The first-order chi connectivity index (χ1) is 14.7. The third-order valence-corrected chi connectivity index (χ3v) is 8.24. The van der Waals surface area contributed by atoms with Gasteiger partial charge in [0.2, 0.25) is 0 Å². The summed E-state index contributed by atoms with van der Waals surface area (Å²) in [5.74, 6) is 0.539. The van der Waals surface area contributed by atoms with Crippen LogP contribution in [0.2, 0.25) is 0 Å². The summed E-state index contributed by atoms with van der Waals surface area (Å²) in [5, 5.41) is 1.04. The molecule has 0 saturated carbocycles. The summed E-state index contributed by atoms with van der Waals surface area (Å²) in [7, 11) is 0. The Bertz CT molecular complexity index is 1240. The van der Waals surface area contributed by atoms with Gasteiger partial charge in [0.25, 0.3) is 0 Å². The van der Waals surface area contributed by atoms with E-state index in [-0.39, 0.29) is 16.5 Å². The average Bonchev–Trinajstić information content (AvgIpc) is 2.71. The Morgan fingerprint density at radius 1 is 1.06 bits per heavy atom. The summed E-state index contributed by atoms with van der Waals surface area (Å²) in [6.45, 7) is 11.4. The third-order valence-electron chi connectivity index (χ3n) is 7.11. The van der Waals surface area contributed by atoms with Crippen molar-refractivity contribution in [3.8, 4) is 0 Å². The fourth-order valence-corrected chi connectivity index (χ4v) is 5.98. The van der Waals surface area contributed by atoms with Gasteiger partial charge in [0.05, 0.1) is 0 Å². The van der Waals surface area contributed by atoms with Gasteiger partial charge in [-0.05, 0) is 53.5 Å². The van der Waals surface area contributed by atoms with Crippen molar-refractivity contribution in [3.05, 3.63) is 63.5 Å².